The average molecular weight is 418 g/mol. The Morgan fingerprint density at radius 3 is 2.56 bits per heavy atom. The molecule has 6 aromatic rings. The summed E-state index contributed by atoms with van der Waals surface area (Å²) >= 11 is 0. The van der Waals surface area contributed by atoms with Crippen LogP contribution < -0.4 is 5.56 Å². The van der Waals surface area contributed by atoms with Crippen LogP contribution in [0.1, 0.15) is 5.69 Å². The van der Waals surface area contributed by atoms with E-state index < -0.39 is 0 Å². The fourth-order valence-electron chi connectivity index (χ4n) is 4.21. The second kappa shape index (κ2) is 7.02. The third kappa shape index (κ3) is 2.75. The Kier molecular flexibility index (Phi) is 4.01. The maximum atomic E-state index is 13.7. The SMILES string of the molecule is Cc1nc2c(-c3ccccc3)c(-c3ccn[nH]3)[nH]n2c(=O)c1-c1ccc2ncccc2c1. The van der Waals surface area contributed by atoms with Gasteiger partial charge in [-0.15, -0.1) is 0 Å². The highest BCUT2D eigenvalue weighted by Gasteiger charge is 2.21. The monoisotopic (exact) mass is 418 g/mol. The predicted molar refractivity (Wildman–Crippen MR) is 124 cm³/mol. The molecule has 0 amide bonds. The minimum absolute atomic E-state index is 0.154. The number of fused-ring (bicyclic) bond motifs is 2. The van der Waals surface area contributed by atoms with Gasteiger partial charge in [0.15, 0.2) is 5.65 Å². The van der Waals surface area contributed by atoms with Crippen LogP contribution in [0.5, 0.6) is 0 Å². The van der Waals surface area contributed by atoms with Crippen molar-refractivity contribution in [2.24, 2.45) is 0 Å². The molecule has 2 N–H and O–H groups in total. The molecule has 7 heteroatoms. The molecule has 2 aromatic carbocycles. The first-order valence-electron chi connectivity index (χ1n) is 10.3. The van der Waals surface area contributed by atoms with E-state index in [1.807, 2.05) is 73.7 Å². The van der Waals surface area contributed by atoms with Gasteiger partial charge in [-0.3, -0.25) is 20.0 Å². The van der Waals surface area contributed by atoms with E-state index in [9.17, 15) is 4.79 Å². The summed E-state index contributed by atoms with van der Waals surface area (Å²) in [6, 6.07) is 21.5. The van der Waals surface area contributed by atoms with Crippen molar-refractivity contribution in [2.45, 2.75) is 6.92 Å². The zero-order valence-corrected chi connectivity index (χ0v) is 17.2. The van der Waals surface area contributed by atoms with E-state index in [1.54, 1.807) is 12.4 Å². The van der Waals surface area contributed by atoms with Crippen molar-refractivity contribution in [2.75, 3.05) is 0 Å². The molecule has 32 heavy (non-hydrogen) atoms. The Balaban J connectivity index is 1.66. The third-order valence-corrected chi connectivity index (χ3v) is 5.69. The standard InChI is InChI=1S/C25H18N6O/c1-15-21(18-9-10-19-17(14-18)8-5-12-26-19)25(32)31-24(28-15)22(16-6-3-2-4-7-16)23(30-31)20-11-13-27-29-20/h2-14,30H,1H3,(H,27,29). The quantitative estimate of drug-likeness (QED) is 0.439. The van der Waals surface area contributed by atoms with Crippen LogP contribution >= 0.6 is 0 Å². The normalized spacial score (nSPS) is 11.4. The van der Waals surface area contributed by atoms with Crippen LogP contribution in [0.15, 0.2) is 83.9 Å². The summed E-state index contributed by atoms with van der Waals surface area (Å²) in [4.78, 5) is 23.0. The Hall–Kier alpha value is -4.52. The van der Waals surface area contributed by atoms with Gasteiger partial charge in [0.25, 0.3) is 5.56 Å². The van der Waals surface area contributed by atoms with E-state index in [1.165, 1.54) is 4.52 Å². The fourth-order valence-corrected chi connectivity index (χ4v) is 4.21. The van der Waals surface area contributed by atoms with Gasteiger partial charge in [0, 0.05) is 17.8 Å². The van der Waals surface area contributed by atoms with Crippen molar-refractivity contribution in [3.8, 4) is 33.6 Å². The second-order valence-corrected chi connectivity index (χ2v) is 7.65. The van der Waals surface area contributed by atoms with Crippen LogP contribution in [-0.2, 0) is 0 Å². The molecule has 154 valence electrons. The van der Waals surface area contributed by atoms with Gasteiger partial charge in [0.2, 0.25) is 0 Å². The lowest BCUT2D eigenvalue weighted by Crippen LogP contribution is -2.19. The Morgan fingerprint density at radius 1 is 0.875 bits per heavy atom. The molecule has 0 atom stereocenters. The number of pyridine rings is 1. The zero-order valence-electron chi connectivity index (χ0n) is 17.2. The lowest BCUT2D eigenvalue weighted by atomic mass is 10.0. The molecule has 0 aliphatic heterocycles. The summed E-state index contributed by atoms with van der Waals surface area (Å²) in [5.41, 5.74) is 6.71. The summed E-state index contributed by atoms with van der Waals surface area (Å²) in [7, 11) is 0. The molecular formula is C25H18N6O. The molecule has 0 aliphatic carbocycles. The van der Waals surface area contributed by atoms with Gasteiger partial charge >= 0.3 is 0 Å². The van der Waals surface area contributed by atoms with Gasteiger partial charge in [-0.2, -0.15) is 9.61 Å². The number of aromatic nitrogens is 6. The first kappa shape index (κ1) is 18.3. The van der Waals surface area contributed by atoms with Crippen LogP contribution in [0.3, 0.4) is 0 Å². The smallest absolute Gasteiger partial charge is 0.280 e. The van der Waals surface area contributed by atoms with Crippen molar-refractivity contribution in [3.63, 3.8) is 0 Å². The van der Waals surface area contributed by atoms with Crippen molar-refractivity contribution < 1.29 is 0 Å². The summed E-state index contributed by atoms with van der Waals surface area (Å²) in [5, 5.41) is 11.3. The second-order valence-electron chi connectivity index (χ2n) is 7.65. The number of nitrogens with zero attached hydrogens (tertiary/aromatic N) is 4. The molecule has 0 bridgehead atoms. The minimum Gasteiger partial charge on any atom is -0.287 e. The van der Waals surface area contributed by atoms with Crippen molar-refractivity contribution in [1.82, 2.24) is 29.8 Å². The summed E-state index contributed by atoms with van der Waals surface area (Å²) < 4.78 is 1.52. The number of hydrogen-bond donors (Lipinski definition) is 2. The van der Waals surface area contributed by atoms with Gasteiger partial charge in [0.1, 0.15) is 0 Å². The lowest BCUT2D eigenvalue weighted by Gasteiger charge is -2.08. The molecule has 0 saturated heterocycles. The van der Waals surface area contributed by atoms with E-state index in [0.29, 0.717) is 16.9 Å². The minimum atomic E-state index is -0.154. The topological polar surface area (TPSA) is 91.7 Å². The first-order valence-corrected chi connectivity index (χ1v) is 10.3. The van der Waals surface area contributed by atoms with E-state index >= 15 is 0 Å². The number of benzene rings is 2. The molecule has 6 rings (SSSR count). The van der Waals surface area contributed by atoms with Crippen LogP contribution in [0.2, 0.25) is 0 Å². The number of hydrogen-bond acceptors (Lipinski definition) is 4. The maximum absolute atomic E-state index is 13.7. The molecule has 0 saturated carbocycles. The third-order valence-electron chi connectivity index (χ3n) is 5.69. The zero-order chi connectivity index (χ0) is 21.7. The van der Waals surface area contributed by atoms with Gasteiger partial charge in [-0.1, -0.05) is 42.5 Å². The van der Waals surface area contributed by atoms with Gasteiger partial charge in [-0.25, -0.2) is 4.98 Å². The number of rotatable bonds is 3. The van der Waals surface area contributed by atoms with E-state index in [-0.39, 0.29) is 5.56 Å². The van der Waals surface area contributed by atoms with Gasteiger partial charge in [0.05, 0.1) is 33.7 Å². The fraction of sp³-hybridized carbons (Fsp3) is 0.0400. The molecular weight excluding hydrogens is 400 g/mol. The molecule has 0 radical (unpaired) electrons. The Labute approximate surface area is 182 Å². The first-order chi connectivity index (χ1) is 15.7. The average Bonchev–Trinajstić information content (AvgIpc) is 3.48. The van der Waals surface area contributed by atoms with Crippen molar-refractivity contribution >= 4 is 16.6 Å². The molecule has 0 fully saturated rings. The van der Waals surface area contributed by atoms with Crippen molar-refractivity contribution in [3.05, 3.63) is 95.2 Å². The molecule has 0 unspecified atom stereocenters. The predicted octanol–water partition coefficient (Wildman–Crippen LogP) is 4.60. The van der Waals surface area contributed by atoms with Crippen LogP contribution in [-0.4, -0.2) is 29.8 Å². The van der Waals surface area contributed by atoms with Gasteiger partial charge < -0.3 is 0 Å². The number of aromatic amines is 2. The molecule has 7 nitrogen and oxygen atoms in total. The highest BCUT2D eigenvalue weighted by atomic mass is 16.1. The lowest BCUT2D eigenvalue weighted by molar-refractivity contribution is 0.894. The maximum Gasteiger partial charge on any atom is 0.280 e. The summed E-state index contributed by atoms with van der Waals surface area (Å²) in [6.07, 6.45) is 3.45. The van der Waals surface area contributed by atoms with Crippen LogP contribution in [0, 0.1) is 6.92 Å². The van der Waals surface area contributed by atoms with E-state index in [0.717, 1.165) is 39.0 Å². The highest BCUT2D eigenvalue weighted by molar-refractivity contribution is 5.90. The largest absolute Gasteiger partial charge is 0.287 e. The van der Waals surface area contributed by atoms with E-state index in [4.69, 9.17) is 4.98 Å². The highest BCUT2D eigenvalue weighted by Crippen LogP contribution is 2.34. The number of aryl methyl sites for hydroxylation is 1. The van der Waals surface area contributed by atoms with Crippen molar-refractivity contribution in [1.29, 1.82) is 0 Å². The molecule has 4 aromatic heterocycles. The summed E-state index contributed by atoms with van der Waals surface area (Å²) in [5.74, 6) is 0. The van der Waals surface area contributed by atoms with Crippen LogP contribution in [0.25, 0.3) is 50.2 Å². The van der Waals surface area contributed by atoms with Gasteiger partial charge in [-0.05, 0) is 42.3 Å². The molecule has 0 aliphatic rings. The summed E-state index contributed by atoms with van der Waals surface area (Å²) in [6.45, 7) is 1.88. The Morgan fingerprint density at radius 2 is 1.75 bits per heavy atom. The number of nitrogens with one attached hydrogen (secondary N) is 2. The molecule has 0 spiro atoms. The molecule has 4 heterocycles. The van der Waals surface area contributed by atoms with E-state index in [2.05, 4.69) is 20.3 Å². The van der Waals surface area contributed by atoms with Crippen LogP contribution in [0.4, 0.5) is 0 Å². The Bertz CT molecular complexity index is 1650. The number of H-pyrrole nitrogens is 2.